The molecule has 0 saturated carbocycles. The van der Waals surface area contributed by atoms with Crippen molar-refractivity contribution in [2.75, 3.05) is 19.8 Å². The molecule has 0 aliphatic rings. The molecule has 0 amide bonds. The zero-order valence-corrected chi connectivity index (χ0v) is 10.4. The maximum atomic E-state index is 10.2. The average molecular weight is 223 g/mol. The molecule has 0 aromatic carbocycles. The van der Waals surface area contributed by atoms with Crippen molar-refractivity contribution in [3.05, 3.63) is 23.9 Å². The predicted octanol–water partition coefficient (Wildman–Crippen LogP) is 0.907. The minimum absolute atomic E-state index is 0.289. The normalized spacial score (nSPS) is 14.1. The number of hydrogen-bond donors (Lipinski definition) is 2. The summed E-state index contributed by atoms with van der Waals surface area (Å²) in [5.74, 6) is 0.496. The fourth-order valence-corrected chi connectivity index (χ4v) is 1.38. The van der Waals surface area contributed by atoms with E-state index in [1.807, 2.05) is 45.0 Å². The molecule has 1 aromatic rings. The van der Waals surface area contributed by atoms with Gasteiger partial charge < -0.3 is 15.7 Å². The van der Waals surface area contributed by atoms with Crippen LogP contribution < -0.4 is 5.73 Å². The highest BCUT2D eigenvalue weighted by Gasteiger charge is 2.30. The molecule has 1 heterocycles. The van der Waals surface area contributed by atoms with Crippen molar-refractivity contribution in [3.8, 4) is 0 Å². The molecule has 1 unspecified atom stereocenters. The van der Waals surface area contributed by atoms with Crippen molar-refractivity contribution in [2.24, 2.45) is 0 Å². The third-order valence-electron chi connectivity index (χ3n) is 3.31. The van der Waals surface area contributed by atoms with Crippen molar-refractivity contribution < 1.29 is 5.11 Å². The molecule has 4 heteroatoms. The molecule has 1 aromatic heterocycles. The summed E-state index contributed by atoms with van der Waals surface area (Å²) in [5.41, 5.74) is 6.36. The highest BCUT2D eigenvalue weighted by molar-refractivity contribution is 5.39. The standard InChI is InChI=1S/C12H21N3O/c1-12(2,15(3)4)10(16)8-9-6-5-7-14-11(9)13/h5-7,10,16H,8H2,1-4H3,(H2,13,14). The van der Waals surface area contributed by atoms with Gasteiger partial charge in [0, 0.05) is 18.2 Å². The molecule has 0 radical (unpaired) electrons. The summed E-state index contributed by atoms with van der Waals surface area (Å²) >= 11 is 0. The minimum Gasteiger partial charge on any atom is -0.391 e. The largest absolute Gasteiger partial charge is 0.391 e. The fourth-order valence-electron chi connectivity index (χ4n) is 1.38. The molecule has 3 N–H and O–H groups in total. The van der Waals surface area contributed by atoms with Gasteiger partial charge in [0.2, 0.25) is 0 Å². The van der Waals surface area contributed by atoms with Gasteiger partial charge in [-0.25, -0.2) is 4.98 Å². The van der Waals surface area contributed by atoms with Crippen LogP contribution in [0.5, 0.6) is 0 Å². The summed E-state index contributed by atoms with van der Waals surface area (Å²) in [6.07, 6.45) is 1.70. The predicted molar refractivity (Wildman–Crippen MR) is 66.1 cm³/mol. The van der Waals surface area contributed by atoms with Crippen molar-refractivity contribution in [3.63, 3.8) is 0 Å². The molecule has 4 nitrogen and oxygen atoms in total. The quantitative estimate of drug-likeness (QED) is 0.796. The van der Waals surface area contributed by atoms with E-state index in [9.17, 15) is 5.11 Å². The maximum Gasteiger partial charge on any atom is 0.126 e. The minimum atomic E-state index is -0.478. The zero-order chi connectivity index (χ0) is 12.3. The lowest BCUT2D eigenvalue weighted by atomic mass is 9.91. The number of aliphatic hydroxyl groups is 1. The van der Waals surface area contributed by atoms with Gasteiger partial charge in [-0.1, -0.05) is 6.07 Å². The van der Waals surface area contributed by atoms with E-state index in [0.29, 0.717) is 12.2 Å². The van der Waals surface area contributed by atoms with Crippen LogP contribution in [0.25, 0.3) is 0 Å². The Morgan fingerprint density at radius 2 is 2.12 bits per heavy atom. The van der Waals surface area contributed by atoms with Crippen LogP contribution in [0.4, 0.5) is 5.82 Å². The first-order valence-corrected chi connectivity index (χ1v) is 5.40. The van der Waals surface area contributed by atoms with Crippen LogP contribution in [0.1, 0.15) is 19.4 Å². The summed E-state index contributed by atoms with van der Waals surface area (Å²) in [4.78, 5) is 6.02. The highest BCUT2D eigenvalue weighted by atomic mass is 16.3. The Morgan fingerprint density at radius 3 is 2.62 bits per heavy atom. The Balaban J connectivity index is 2.79. The smallest absolute Gasteiger partial charge is 0.126 e. The molecule has 0 saturated heterocycles. The number of nitrogen functional groups attached to an aromatic ring is 1. The first kappa shape index (κ1) is 12.9. The fraction of sp³-hybridized carbons (Fsp3) is 0.583. The molecule has 90 valence electrons. The van der Waals surface area contributed by atoms with E-state index in [-0.39, 0.29) is 5.54 Å². The van der Waals surface area contributed by atoms with Crippen LogP contribution in [0.15, 0.2) is 18.3 Å². The number of hydrogen-bond acceptors (Lipinski definition) is 4. The number of rotatable bonds is 4. The second kappa shape index (κ2) is 4.80. The zero-order valence-electron chi connectivity index (χ0n) is 10.4. The molecule has 0 spiro atoms. The van der Waals surface area contributed by atoms with E-state index in [0.717, 1.165) is 5.56 Å². The Hall–Kier alpha value is -1.13. The summed E-state index contributed by atoms with van der Waals surface area (Å²) in [6, 6.07) is 3.73. The van der Waals surface area contributed by atoms with Crippen LogP contribution in [-0.2, 0) is 6.42 Å². The Morgan fingerprint density at radius 1 is 1.50 bits per heavy atom. The average Bonchev–Trinajstić information content (AvgIpc) is 2.21. The molecular weight excluding hydrogens is 202 g/mol. The molecule has 1 rings (SSSR count). The SMILES string of the molecule is CN(C)C(C)(C)C(O)Cc1cccnc1N. The highest BCUT2D eigenvalue weighted by Crippen LogP contribution is 2.21. The van der Waals surface area contributed by atoms with Gasteiger partial charge in [0.15, 0.2) is 0 Å². The van der Waals surface area contributed by atoms with Crippen LogP contribution >= 0.6 is 0 Å². The topological polar surface area (TPSA) is 62.4 Å². The van der Waals surface area contributed by atoms with E-state index in [1.165, 1.54) is 0 Å². The van der Waals surface area contributed by atoms with Crippen LogP contribution in [0.2, 0.25) is 0 Å². The number of aromatic nitrogens is 1. The van der Waals surface area contributed by atoms with Gasteiger partial charge in [-0.15, -0.1) is 0 Å². The number of nitrogens with zero attached hydrogens (tertiary/aromatic N) is 2. The summed E-state index contributed by atoms with van der Waals surface area (Å²) in [7, 11) is 3.91. The number of anilines is 1. The molecule has 0 aliphatic carbocycles. The second-order valence-corrected chi connectivity index (χ2v) is 4.82. The summed E-state index contributed by atoms with van der Waals surface area (Å²) < 4.78 is 0. The van der Waals surface area contributed by atoms with E-state index in [4.69, 9.17) is 5.73 Å². The molecule has 0 fully saturated rings. The third-order valence-corrected chi connectivity index (χ3v) is 3.31. The Labute approximate surface area is 97.1 Å². The number of likely N-dealkylation sites (N-methyl/N-ethyl adjacent to an activating group) is 1. The van der Waals surface area contributed by atoms with Crippen molar-refractivity contribution >= 4 is 5.82 Å². The van der Waals surface area contributed by atoms with Gasteiger partial charge in [0.25, 0.3) is 0 Å². The summed E-state index contributed by atoms with van der Waals surface area (Å²) in [5, 5.41) is 10.2. The lowest BCUT2D eigenvalue weighted by Gasteiger charge is -2.37. The van der Waals surface area contributed by atoms with Gasteiger partial charge in [-0.2, -0.15) is 0 Å². The second-order valence-electron chi connectivity index (χ2n) is 4.82. The van der Waals surface area contributed by atoms with E-state index in [1.54, 1.807) is 6.20 Å². The molecule has 16 heavy (non-hydrogen) atoms. The Kier molecular flexibility index (Phi) is 3.88. The third kappa shape index (κ3) is 2.71. The van der Waals surface area contributed by atoms with Crippen LogP contribution in [0.3, 0.4) is 0 Å². The molecular formula is C12H21N3O. The van der Waals surface area contributed by atoms with Gasteiger partial charge in [0.05, 0.1) is 6.10 Å². The maximum absolute atomic E-state index is 10.2. The number of aliphatic hydroxyl groups excluding tert-OH is 1. The van der Waals surface area contributed by atoms with E-state index in [2.05, 4.69) is 4.98 Å². The van der Waals surface area contributed by atoms with Gasteiger partial charge in [-0.3, -0.25) is 0 Å². The van der Waals surface area contributed by atoms with E-state index >= 15 is 0 Å². The number of pyridine rings is 1. The first-order chi connectivity index (χ1) is 7.35. The van der Waals surface area contributed by atoms with E-state index < -0.39 is 6.10 Å². The van der Waals surface area contributed by atoms with Crippen LogP contribution in [0, 0.1) is 0 Å². The monoisotopic (exact) mass is 223 g/mol. The lowest BCUT2D eigenvalue weighted by Crippen LogP contribution is -2.49. The Bertz CT molecular complexity index is 350. The van der Waals surface area contributed by atoms with Gasteiger partial charge in [-0.05, 0) is 39.6 Å². The molecule has 0 bridgehead atoms. The first-order valence-electron chi connectivity index (χ1n) is 5.40. The van der Waals surface area contributed by atoms with Crippen molar-refractivity contribution in [1.29, 1.82) is 0 Å². The molecule has 0 aliphatic heterocycles. The summed E-state index contributed by atoms with van der Waals surface area (Å²) in [6.45, 7) is 4.01. The number of nitrogens with two attached hydrogens (primary N) is 1. The van der Waals surface area contributed by atoms with Crippen molar-refractivity contribution in [2.45, 2.75) is 31.9 Å². The molecule has 1 atom stereocenters. The lowest BCUT2D eigenvalue weighted by molar-refractivity contribution is 0.0183. The van der Waals surface area contributed by atoms with Crippen molar-refractivity contribution in [1.82, 2.24) is 9.88 Å². The van der Waals surface area contributed by atoms with Crippen LogP contribution in [-0.4, -0.2) is 40.7 Å². The van der Waals surface area contributed by atoms with Gasteiger partial charge in [0.1, 0.15) is 5.82 Å². The van der Waals surface area contributed by atoms with Gasteiger partial charge >= 0.3 is 0 Å².